The second-order valence-electron chi connectivity index (χ2n) is 7.09. The van der Waals surface area contributed by atoms with Gasteiger partial charge in [0.05, 0.1) is 11.2 Å². The van der Waals surface area contributed by atoms with E-state index in [4.69, 9.17) is 4.42 Å². The molecule has 1 saturated heterocycles. The molecule has 0 radical (unpaired) electrons. The second-order valence-corrected chi connectivity index (χ2v) is 7.09. The van der Waals surface area contributed by atoms with Crippen LogP contribution in [0.1, 0.15) is 25.4 Å². The van der Waals surface area contributed by atoms with Gasteiger partial charge >= 0.3 is 6.18 Å². The number of pyridine rings is 1. The maximum Gasteiger partial charge on any atom is 0.405 e. The highest BCUT2D eigenvalue weighted by molar-refractivity contribution is 5.58. The molecule has 1 fully saturated rings. The molecule has 0 atom stereocenters. The molecule has 3 heterocycles. The van der Waals surface area contributed by atoms with Crippen LogP contribution in [0.3, 0.4) is 0 Å². The summed E-state index contributed by atoms with van der Waals surface area (Å²) in [7, 11) is 0. The number of aryl methyl sites for hydroxylation is 1. The average molecular weight is 413 g/mol. The van der Waals surface area contributed by atoms with Crippen molar-refractivity contribution < 1.29 is 22.4 Å². The number of carbonyl (C=O) groups is 1. The molecule has 0 aromatic carbocycles. The van der Waals surface area contributed by atoms with E-state index in [1.807, 2.05) is 25.3 Å². The standard InChI is InChI=1S/C16H22N4O.C3H4F3NO/c1-12-14(13-5-4-6-18-11-13)21-15(19-12)16(2,3)20-9-7-17-8-10-20;4-3(5,6)1-7-2-8/h4-6,11,17H,7-10H2,1-3H3;2H,1H2,(H,7,8). The summed E-state index contributed by atoms with van der Waals surface area (Å²) in [5, 5.41) is 4.86. The zero-order valence-electron chi connectivity index (χ0n) is 16.7. The van der Waals surface area contributed by atoms with Crippen molar-refractivity contribution >= 4 is 6.41 Å². The van der Waals surface area contributed by atoms with Gasteiger partial charge in [0.1, 0.15) is 6.54 Å². The average Bonchev–Trinajstić information content (AvgIpc) is 3.10. The van der Waals surface area contributed by atoms with Gasteiger partial charge in [-0.25, -0.2) is 4.98 Å². The Labute approximate surface area is 167 Å². The van der Waals surface area contributed by atoms with Crippen molar-refractivity contribution in [3.8, 4) is 11.3 Å². The van der Waals surface area contributed by atoms with Gasteiger partial charge in [0.2, 0.25) is 12.3 Å². The quantitative estimate of drug-likeness (QED) is 0.733. The number of carbonyl (C=O) groups excluding carboxylic acids is 1. The molecule has 1 aliphatic heterocycles. The number of piperazine rings is 1. The van der Waals surface area contributed by atoms with E-state index in [0.29, 0.717) is 0 Å². The summed E-state index contributed by atoms with van der Waals surface area (Å²) in [6, 6.07) is 3.92. The first kappa shape index (κ1) is 22.8. The molecule has 10 heteroatoms. The van der Waals surface area contributed by atoms with Gasteiger partial charge < -0.3 is 15.1 Å². The van der Waals surface area contributed by atoms with Gasteiger partial charge in [-0.2, -0.15) is 13.2 Å². The van der Waals surface area contributed by atoms with Crippen molar-refractivity contribution in [3.63, 3.8) is 0 Å². The van der Waals surface area contributed by atoms with E-state index in [0.717, 1.165) is 49.1 Å². The first-order valence-electron chi connectivity index (χ1n) is 9.23. The normalized spacial score (nSPS) is 15.4. The highest BCUT2D eigenvalue weighted by Crippen LogP contribution is 2.32. The van der Waals surface area contributed by atoms with E-state index in [-0.39, 0.29) is 11.9 Å². The summed E-state index contributed by atoms with van der Waals surface area (Å²) in [6.07, 6.45) is -0.704. The lowest BCUT2D eigenvalue weighted by molar-refractivity contribution is -0.132. The number of aromatic nitrogens is 2. The summed E-state index contributed by atoms with van der Waals surface area (Å²) in [6.45, 7) is 9.14. The zero-order chi connectivity index (χ0) is 21.5. The van der Waals surface area contributed by atoms with E-state index in [1.54, 1.807) is 6.20 Å². The predicted octanol–water partition coefficient (Wildman–Crippen LogP) is 2.48. The van der Waals surface area contributed by atoms with E-state index >= 15 is 0 Å². The van der Waals surface area contributed by atoms with Gasteiger partial charge in [-0.05, 0) is 32.9 Å². The molecule has 29 heavy (non-hydrogen) atoms. The maximum atomic E-state index is 11.0. The van der Waals surface area contributed by atoms with Gasteiger partial charge in [0, 0.05) is 44.1 Å². The third kappa shape index (κ3) is 6.53. The van der Waals surface area contributed by atoms with E-state index in [1.165, 1.54) is 5.32 Å². The Morgan fingerprint density at radius 1 is 1.31 bits per heavy atom. The van der Waals surface area contributed by atoms with E-state index in [9.17, 15) is 18.0 Å². The molecule has 3 rings (SSSR count). The Hall–Kier alpha value is -2.46. The summed E-state index contributed by atoms with van der Waals surface area (Å²) in [5.74, 6) is 1.60. The van der Waals surface area contributed by atoms with Gasteiger partial charge in [-0.3, -0.25) is 14.7 Å². The molecule has 160 valence electrons. The number of amides is 1. The predicted molar refractivity (Wildman–Crippen MR) is 102 cm³/mol. The molecule has 1 aliphatic rings. The third-order valence-corrected chi connectivity index (χ3v) is 4.54. The fraction of sp³-hybridized carbons (Fsp3) is 0.526. The van der Waals surface area contributed by atoms with Crippen molar-refractivity contribution in [3.05, 3.63) is 36.1 Å². The van der Waals surface area contributed by atoms with Crippen LogP contribution < -0.4 is 10.6 Å². The van der Waals surface area contributed by atoms with Crippen LogP contribution in [-0.2, 0) is 10.3 Å². The third-order valence-electron chi connectivity index (χ3n) is 4.54. The number of nitrogens with one attached hydrogen (secondary N) is 2. The number of halogens is 3. The molecule has 0 bridgehead atoms. The summed E-state index contributed by atoms with van der Waals surface area (Å²) >= 11 is 0. The largest absolute Gasteiger partial charge is 0.438 e. The Balaban J connectivity index is 0.000000321. The van der Waals surface area contributed by atoms with Crippen molar-refractivity contribution in [1.29, 1.82) is 0 Å². The first-order valence-corrected chi connectivity index (χ1v) is 9.23. The Morgan fingerprint density at radius 3 is 2.52 bits per heavy atom. The Kier molecular flexibility index (Phi) is 7.74. The summed E-state index contributed by atoms with van der Waals surface area (Å²) in [4.78, 5) is 20.5. The molecule has 7 nitrogen and oxygen atoms in total. The highest BCUT2D eigenvalue weighted by Gasteiger charge is 2.35. The number of rotatable bonds is 5. The number of hydrogen-bond donors (Lipinski definition) is 2. The SMILES string of the molecule is Cc1nc(C(C)(C)N2CCNCC2)oc1-c1cccnc1.O=CNCC(F)(F)F. The number of hydrogen-bond acceptors (Lipinski definition) is 6. The number of oxazole rings is 1. The second kappa shape index (κ2) is 9.84. The molecule has 2 aromatic rings. The minimum absolute atomic E-state index is 0.00743. The topological polar surface area (TPSA) is 83.3 Å². The van der Waals surface area contributed by atoms with Crippen LogP contribution in [0, 0.1) is 6.92 Å². The van der Waals surface area contributed by atoms with Gasteiger partial charge in [0.25, 0.3) is 0 Å². The monoisotopic (exact) mass is 413 g/mol. The fourth-order valence-electron chi connectivity index (χ4n) is 2.94. The van der Waals surface area contributed by atoms with Crippen LogP contribution in [0.15, 0.2) is 28.9 Å². The Morgan fingerprint density at radius 2 is 2.00 bits per heavy atom. The van der Waals surface area contributed by atoms with Crippen molar-refractivity contribution in [2.75, 3.05) is 32.7 Å². The van der Waals surface area contributed by atoms with E-state index < -0.39 is 12.7 Å². The molecule has 0 aliphatic carbocycles. The smallest absolute Gasteiger partial charge is 0.405 e. The van der Waals surface area contributed by atoms with E-state index in [2.05, 4.69) is 34.0 Å². The highest BCUT2D eigenvalue weighted by atomic mass is 19.4. The van der Waals surface area contributed by atoms with Crippen LogP contribution in [0.2, 0.25) is 0 Å². The molecular weight excluding hydrogens is 387 g/mol. The molecule has 2 N–H and O–H groups in total. The van der Waals surface area contributed by atoms with Crippen LogP contribution in [0.4, 0.5) is 13.2 Å². The van der Waals surface area contributed by atoms with Crippen molar-refractivity contribution in [1.82, 2.24) is 25.5 Å². The lowest BCUT2D eigenvalue weighted by Crippen LogP contribution is -2.51. The Bertz CT molecular complexity index is 772. The minimum atomic E-state index is -4.29. The molecule has 0 unspecified atom stereocenters. The maximum absolute atomic E-state index is 11.0. The van der Waals surface area contributed by atoms with Gasteiger partial charge in [-0.15, -0.1) is 0 Å². The summed E-state index contributed by atoms with van der Waals surface area (Å²) < 4.78 is 39.2. The zero-order valence-corrected chi connectivity index (χ0v) is 16.7. The van der Waals surface area contributed by atoms with Crippen molar-refractivity contribution in [2.24, 2.45) is 0 Å². The van der Waals surface area contributed by atoms with Crippen LogP contribution >= 0.6 is 0 Å². The van der Waals surface area contributed by atoms with Gasteiger partial charge in [-0.1, -0.05) is 0 Å². The molecule has 1 amide bonds. The molecule has 0 spiro atoms. The molecule has 0 saturated carbocycles. The fourth-order valence-corrected chi connectivity index (χ4v) is 2.94. The first-order chi connectivity index (χ1) is 13.6. The minimum Gasteiger partial charge on any atom is -0.438 e. The van der Waals surface area contributed by atoms with Crippen molar-refractivity contribution in [2.45, 2.75) is 32.5 Å². The number of nitrogens with zero attached hydrogens (tertiary/aromatic N) is 3. The summed E-state index contributed by atoms with van der Waals surface area (Å²) in [5.41, 5.74) is 1.69. The van der Waals surface area contributed by atoms with Gasteiger partial charge in [0.15, 0.2) is 5.76 Å². The lowest BCUT2D eigenvalue weighted by atomic mass is 10.0. The number of alkyl halides is 3. The molecule has 2 aromatic heterocycles. The van der Waals surface area contributed by atoms with Crippen LogP contribution in [0.5, 0.6) is 0 Å². The van der Waals surface area contributed by atoms with Crippen LogP contribution in [0.25, 0.3) is 11.3 Å². The lowest BCUT2D eigenvalue weighted by Gasteiger charge is -2.38. The molecular formula is C19H26F3N5O2. The van der Waals surface area contributed by atoms with Crippen LogP contribution in [-0.4, -0.2) is 60.2 Å².